The van der Waals surface area contributed by atoms with Crippen molar-refractivity contribution in [3.8, 4) is 0 Å². The highest BCUT2D eigenvalue weighted by atomic mass is 79.9. The topological polar surface area (TPSA) is 49.3 Å². The second-order valence-corrected chi connectivity index (χ2v) is 5.46. The van der Waals surface area contributed by atoms with Crippen LogP contribution in [0.2, 0.25) is 0 Å². The predicted molar refractivity (Wildman–Crippen MR) is 69.4 cm³/mol. The van der Waals surface area contributed by atoms with Crippen molar-refractivity contribution < 1.29 is 9.90 Å². The molecule has 92 valence electrons. The van der Waals surface area contributed by atoms with E-state index in [0.29, 0.717) is 19.4 Å². The lowest BCUT2D eigenvalue weighted by molar-refractivity contribution is -0.139. The number of benzene rings is 1. The molecule has 1 fully saturated rings. The number of rotatable bonds is 3. The normalized spacial score (nSPS) is 18.0. The van der Waals surface area contributed by atoms with Gasteiger partial charge in [0.15, 0.2) is 0 Å². The number of amides is 1. The molecule has 1 aromatic rings. The number of carbonyl (C=O) groups excluding carboxylic acids is 1. The summed E-state index contributed by atoms with van der Waals surface area (Å²) in [4.78, 5) is 11.8. The van der Waals surface area contributed by atoms with Crippen molar-refractivity contribution in [3.05, 3.63) is 34.3 Å². The second kappa shape index (κ2) is 5.19. The van der Waals surface area contributed by atoms with Gasteiger partial charge in [-0.3, -0.25) is 4.79 Å². The quantitative estimate of drug-likeness (QED) is 0.900. The molecule has 1 amide bonds. The number of halogens is 1. The third kappa shape index (κ3) is 3.07. The van der Waals surface area contributed by atoms with Crippen LogP contribution in [0.5, 0.6) is 0 Å². The third-order valence-corrected chi connectivity index (χ3v) is 3.75. The molecule has 4 heteroatoms. The molecule has 0 aromatic heterocycles. The van der Waals surface area contributed by atoms with Gasteiger partial charge in [-0.15, -0.1) is 0 Å². The van der Waals surface area contributed by atoms with Gasteiger partial charge in [0.2, 0.25) is 0 Å². The molecule has 0 bridgehead atoms. The smallest absolute Gasteiger partial charge is 0.252 e. The summed E-state index contributed by atoms with van der Waals surface area (Å²) < 4.78 is 1.02. The first-order chi connectivity index (χ1) is 8.10. The molecule has 0 radical (unpaired) electrons. The lowest BCUT2D eigenvalue weighted by Crippen LogP contribution is -2.44. The summed E-state index contributed by atoms with van der Waals surface area (Å²) in [5.41, 5.74) is -0.0989. The zero-order chi connectivity index (χ0) is 12.3. The first-order valence-corrected chi connectivity index (χ1v) is 6.65. The molecular weight excluding hydrogens is 282 g/mol. The van der Waals surface area contributed by atoms with Gasteiger partial charge in [-0.2, -0.15) is 0 Å². The second-order valence-electron chi connectivity index (χ2n) is 4.55. The number of aliphatic hydroxyl groups is 1. The standard InChI is InChI=1S/C13H16BrNO2/c14-11-5-3-10(4-6-11)9-15-12(16)13(17)7-1-2-8-13/h3-6,17H,1-2,7-9H2,(H,15,16). The van der Waals surface area contributed by atoms with E-state index in [4.69, 9.17) is 0 Å². The van der Waals surface area contributed by atoms with Crippen LogP contribution < -0.4 is 5.32 Å². The molecule has 3 nitrogen and oxygen atoms in total. The Morgan fingerprint density at radius 3 is 2.47 bits per heavy atom. The van der Waals surface area contributed by atoms with E-state index in [0.717, 1.165) is 22.9 Å². The molecule has 1 aromatic carbocycles. The Morgan fingerprint density at radius 2 is 1.88 bits per heavy atom. The molecule has 1 aliphatic carbocycles. The third-order valence-electron chi connectivity index (χ3n) is 3.22. The lowest BCUT2D eigenvalue weighted by atomic mass is 10.0. The van der Waals surface area contributed by atoms with Crippen molar-refractivity contribution in [1.29, 1.82) is 0 Å². The van der Waals surface area contributed by atoms with Crippen LogP contribution in [0.3, 0.4) is 0 Å². The van der Waals surface area contributed by atoms with Crippen molar-refractivity contribution >= 4 is 21.8 Å². The number of hydrogen-bond acceptors (Lipinski definition) is 2. The summed E-state index contributed by atoms with van der Waals surface area (Å²) in [6, 6.07) is 7.77. The summed E-state index contributed by atoms with van der Waals surface area (Å²) in [5, 5.41) is 12.9. The van der Waals surface area contributed by atoms with E-state index < -0.39 is 5.60 Å². The van der Waals surface area contributed by atoms with Crippen molar-refractivity contribution in [1.82, 2.24) is 5.32 Å². The lowest BCUT2D eigenvalue weighted by Gasteiger charge is -2.20. The molecule has 2 rings (SSSR count). The molecule has 1 saturated carbocycles. The van der Waals surface area contributed by atoms with Gasteiger partial charge >= 0.3 is 0 Å². The van der Waals surface area contributed by atoms with Crippen molar-refractivity contribution in [2.45, 2.75) is 37.8 Å². The van der Waals surface area contributed by atoms with Gasteiger partial charge in [0.1, 0.15) is 5.60 Å². The SMILES string of the molecule is O=C(NCc1ccc(Br)cc1)C1(O)CCCC1. The Balaban J connectivity index is 1.89. The van der Waals surface area contributed by atoms with E-state index in [9.17, 15) is 9.90 Å². The van der Waals surface area contributed by atoms with Crippen LogP contribution in [0.25, 0.3) is 0 Å². The van der Waals surface area contributed by atoms with Crippen molar-refractivity contribution in [2.24, 2.45) is 0 Å². The van der Waals surface area contributed by atoms with Crippen LogP contribution in [-0.2, 0) is 11.3 Å². The van der Waals surface area contributed by atoms with Crippen LogP contribution in [0.4, 0.5) is 0 Å². The summed E-state index contributed by atoms with van der Waals surface area (Å²) in [5.74, 6) is -0.238. The number of carbonyl (C=O) groups is 1. The maximum absolute atomic E-state index is 11.8. The Labute approximate surface area is 109 Å². The molecule has 2 N–H and O–H groups in total. The van der Waals surface area contributed by atoms with Gasteiger partial charge in [0.25, 0.3) is 5.91 Å². The van der Waals surface area contributed by atoms with Crippen LogP contribution in [0, 0.1) is 0 Å². The summed E-state index contributed by atoms with van der Waals surface area (Å²) in [6.07, 6.45) is 3.03. The average molecular weight is 298 g/mol. The largest absolute Gasteiger partial charge is 0.380 e. The van der Waals surface area contributed by atoms with Crippen molar-refractivity contribution in [3.63, 3.8) is 0 Å². The van der Waals surface area contributed by atoms with E-state index in [1.807, 2.05) is 24.3 Å². The highest BCUT2D eigenvalue weighted by molar-refractivity contribution is 9.10. The Hall–Kier alpha value is -0.870. The highest BCUT2D eigenvalue weighted by Crippen LogP contribution is 2.29. The molecule has 0 heterocycles. The molecular formula is C13H16BrNO2. The molecule has 17 heavy (non-hydrogen) atoms. The van der Waals surface area contributed by atoms with Gasteiger partial charge in [0, 0.05) is 11.0 Å². The zero-order valence-electron chi connectivity index (χ0n) is 9.58. The first kappa shape index (κ1) is 12.6. The fourth-order valence-electron chi connectivity index (χ4n) is 2.14. The van der Waals surface area contributed by atoms with E-state index in [1.54, 1.807) is 0 Å². The Kier molecular flexibility index (Phi) is 3.84. The number of hydrogen-bond donors (Lipinski definition) is 2. The molecule has 0 saturated heterocycles. The fraction of sp³-hybridized carbons (Fsp3) is 0.462. The van der Waals surface area contributed by atoms with Crippen LogP contribution in [0.15, 0.2) is 28.7 Å². The number of nitrogens with one attached hydrogen (secondary N) is 1. The molecule has 0 unspecified atom stereocenters. The van der Waals surface area contributed by atoms with E-state index in [-0.39, 0.29) is 5.91 Å². The van der Waals surface area contributed by atoms with Crippen LogP contribution in [0.1, 0.15) is 31.2 Å². The molecule has 0 atom stereocenters. The van der Waals surface area contributed by atoms with E-state index in [2.05, 4.69) is 21.2 Å². The van der Waals surface area contributed by atoms with Crippen molar-refractivity contribution in [2.75, 3.05) is 0 Å². The summed E-state index contributed by atoms with van der Waals surface area (Å²) in [7, 11) is 0. The maximum atomic E-state index is 11.8. The minimum atomic E-state index is -1.13. The zero-order valence-corrected chi connectivity index (χ0v) is 11.2. The van der Waals surface area contributed by atoms with E-state index >= 15 is 0 Å². The predicted octanol–water partition coefficient (Wildman–Crippen LogP) is 2.37. The van der Waals surface area contributed by atoms with Gasteiger partial charge in [-0.1, -0.05) is 28.1 Å². The average Bonchev–Trinajstić information content (AvgIpc) is 2.76. The maximum Gasteiger partial charge on any atom is 0.252 e. The van der Waals surface area contributed by atoms with Crippen LogP contribution >= 0.6 is 15.9 Å². The monoisotopic (exact) mass is 297 g/mol. The highest BCUT2D eigenvalue weighted by Gasteiger charge is 2.38. The summed E-state index contributed by atoms with van der Waals surface area (Å²) >= 11 is 3.36. The van der Waals surface area contributed by atoms with Gasteiger partial charge in [-0.05, 0) is 43.4 Å². The Bertz CT molecular complexity index is 396. The fourth-order valence-corrected chi connectivity index (χ4v) is 2.40. The van der Waals surface area contributed by atoms with Gasteiger partial charge in [0.05, 0.1) is 0 Å². The first-order valence-electron chi connectivity index (χ1n) is 5.85. The molecule has 0 spiro atoms. The minimum Gasteiger partial charge on any atom is -0.380 e. The van der Waals surface area contributed by atoms with E-state index in [1.165, 1.54) is 0 Å². The summed E-state index contributed by atoms with van der Waals surface area (Å²) in [6.45, 7) is 0.467. The molecule has 0 aliphatic heterocycles. The van der Waals surface area contributed by atoms with Crippen LogP contribution in [-0.4, -0.2) is 16.6 Å². The van der Waals surface area contributed by atoms with Gasteiger partial charge < -0.3 is 10.4 Å². The minimum absolute atomic E-state index is 0.238. The molecule has 1 aliphatic rings. The van der Waals surface area contributed by atoms with Gasteiger partial charge in [-0.25, -0.2) is 0 Å². The Morgan fingerprint density at radius 1 is 1.29 bits per heavy atom.